The molecule has 0 aromatic rings. The maximum Gasteiger partial charge on any atom is 0.404 e. The minimum absolute atomic E-state index is 0.0168. The summed E-state index contributed by atoms with van der Waals surface area (Å²) in [5.74, 6) is -0.0515. The van der Waals surface area contributed by atoms with Crippen LogP contribution in [-0.4, -0.2) is 58.3 Å². The number of rotatable bonds is 3. The van der Waals surface area contributed by atoms with Crippen LogP contribution in [0.4, 0.5) is 4.79 Å². The molecule has 7 nitrogen and oxygen atoms in total. The van der Waals surface area contributed by atoms with Crippen LogP contribution in [0.1, 0.15) is 46.5 Å². The zero-order chi connectivity index (χ0) is 16.5. The van der Waals surface area contributed by atoms with Gasteiger partial charge in [-0.05, 0) is 46.5 Å². The van der Waals surface area contributed by atoms with Crippen molar-refractivity contribution in [2.24, 2.45) is 5.73 Å². The highest BCUT2D eigenvalue weighted by molar-refractivity contribution is 5.84. The predicted octanol–water partition coefficient (Wildman–Crippen LogP) is 0.491. The standard InChI is InChI=1S/C15H28N4O3/c1-15(2,3)18-9-4-5-12(11(8-9)17-14(21)22)19-7-6-10(16)13(19)20/h9-12,17-18H,4-8,16H2,1-3H3,(H,21,22)/t9-,10+,11-,12+/m1/s1. The van der Waals surface area contributed by atoms with Gasteiger partial charge in [-0.25, -0.2) is 4.79 Å². The Bertz CT molecular complexity index is 435. The van der Waals surface area contributed by atoms with Gasteiger partial charge in [0.1, 0.15) is 0 Å². The fourth-order valence-electron chi connectivity index (χ4n) is 3.64. The van der Waals surface area contributed by atoms with Crippen LogP contribution < -0.4 is 16.4 Å². The molecule has 4 atom stereocenters. The monoisotopic (exact) mass is 312 g/mol. The molecule has 2 fully saturated rings. The normalized spacial score (nSPS) is 33.1. The van der Waals surface area contributed by atoms with E-state index in [1.54, 1.807) is 4.90 Å². The first-order valence-electron chi connectivity index (χ1n) is 8.00. The van der Waals surface area contributed by atoms with E-state index in [1.165, 1.54) is 0 Å². The number of hydrogen-bond donors (Lipinski definition) is 4. The molecule has 1 saturated carbocycles. The number of likely N-dealkylation sites (tertiary alicyclic amines) is 1. The summed E-state index contributed by atoms with van der Waals surface area (Å²) in [6, 6.07) is -0.522. The quantitative estimate of drug-likeness (QED) is 0.607. The van der Waals surface area contributed by atoms with Gasteiger partial charge in [0.2, 0.25) is 5.91 Å². The minimum atomic E-state index is -1.04. The molecule has 7 heteroatoms. The Morgan fingerprint density at radius 3 is 2.50 bits per heavy atom. The van der Waals surface area contributed by atoms with Crippen molar-refractivity contribution in [1.82, 2.24) is 15.5 Å². The molecule has 1 saturated heterocycles. The van der Waals surface area contributed by atoms with Crippen LogP contribution in [0, 0.1) is 0 Å². The maximum atomic E-state index is 12.2. The largest absolute Gasteiger partial charge is 0.465 e. The summed E-state index contributed by atoms with van der Waals surface area (Å²) >= 11 is 0. The van der Waals surface area contributed by atoms with Crippen LogP contribution in [0.25, 0.3) is 0 Å². The molecule has 2 aliphatic rings. The highest BCUT2D eigenvalue weighted by atomic mass is 16.4. The highest BCUT2D eigenvalue weighted by Crippen LogP contribution is 2.28. The molecule has 0 unspecified atom stereocenters. The summed E-state index contributed by atoms with van der Waals surface area (Å²) in [5.41, 5.74) is 5.78. The van der Waals surface area contributed by atoms with Gasteiger partial charge >= 0.3 is 6.09 Å². The maximum absolute atomic E-state index is 12.2. The molecule has 1 heterocycles. The van der Waals surface area contributed by atoms with Gasteiger partial charge in [-0.1, -0.05) is 0 Å². The molecular formula is C15H28N4O3. The summed E-state index contributed by atoms with van der Waals surface area (Å²) in [7, 11) is 0. The van der Waals surface area contributed by atoms with E-state index in [2.05, 4.69) is 31.4 Å². The van der Waals surface area contributed by atoms with E-state index in [-0.39, 0.29) is 29.6 Å². The molecular weight excluding hydrogens is 284 g/mol. The average Bonchev–Trinajstić information content (AvgIpc) is 2.68. The third kappa shape index (κ3) is 4.10. The predicted molar refractivity (Wildman–Crippen MR) is 83.6 cm³/mol. The molecule has 0 aromatic heterocycles. The van der Waals surface area contributed by atoms with Crippen molar-refractivity contribution in [3.63, 3.8) is 0 Å². The first kappa shape index (κ1) is 17.0. The van der Waals surface area contributed by atoms with Crippen molar-refractivity contribution < 1.29 is 14.7 Å². The van der Waals surface area contributed by atoms with Gasteiger partial charge in [-0.3, -0.25) is 4.79 Å². The van der Waals surface area contributed by atoms with Crippen LogP contribution in [0.15, 0.2) is 0 Å². The van der Waals surface area contributed by atoms with Crippen molar-refractivity contribution >= 4 is 12.0 Å². The zero-order valence-corrected chi connectivity index (χ0v) is 13.6. The lowest BCUT2D eigenvalue weighted by molar-refractivity contribution is -0.132. The van der Waals surface area contributed by atoms with E-state index >= 15 is 0 Å². The lowest BCUT2D eigenvalue weighted by atomic mass is 9.84. The highest BCUT2D eigenvalue weighted by Gasteiger charge is 2.41. The summed E-state index contributed by atoms with van der Waals surface area (Å²) in [6.07, 6.45) is 2.02. The van der Waals surface area contributed by atoms with Crippen LogP contribution in [0.2, 0.25) is 0 Å². The molecule has 1 aliphatic heterocycles. The SMILES string of the molecule is CC(C)(C)N[C@@H]1CC[C@H](N2CC[C@H](N)C2=O)[C@H](NC(=O)O)C1. The Hall–Kier alpha value is -1.34. The van der Waals surface area contributed by atoms with Crippen LogP contribution in [0.3, 0.4) is 0 Å². The molecule has 0 radical (unpaired) electrons. The third-order valence-corrected chi connectivity index (χ3v) is 4.44. The molecule has 22 heavy (non-hydrogen) atoms. The van der Waals surface area contributed by atoms with E-state index in [0.717, 1.165) is 12.8 Å². The van der Waals surface area contributed by atoms with E-state index in [0.29, 0.717) is 19.4 Å². The first-order chi connectivity index (χ1) is 10.2. The van der Waals surface area contributed by atoms with Gasteiger partial charge in [0.15, 0.2) is 0 Å². The number of hydrogen-bond acceptors (Lipinski definition) is 4. The fourth-order valence-corrected chi connectivity index (χ4v) is 3.64. The summed E-state index contributed by atoms with van der Waals surface area (Å²) < 4.78 is 0. The van der Waals surface area contributed by atoms with Gasteiger partial charge in [-0.2, -0.15) is 0 Å². The number of nitrogens with zero attached hydrogens (tertiary/aromatic N) is 1. The molecule has 2 amide bonds. The lowest BCUT2D eigenvalue weighted by Gasteiger charge is -2.42. The number of amides is 2. The van der Waals surface area contributed by atoms with E-state index in [4.69, 9.17) is 10.8 Å². The zero-order valence-electron chi connectivity index (χ0n) is 13.6. The Labute approximate surface area is 131 Å². The summed E-state index contributed by atoms with van der Waals surface area (Å²) in [4.78, 5) is 25.0. The van der Waals surface area contributed by atoms with Crippen LogP contribution in [-0.2, 0) is 4.79 Å². The Morgan fingerprint density at radius 1 is 1.32 bits per heavy atom. The van der Waals surface area contributed by atoms with Crippen molar-refractivity contribution in [2.75, 3.05) is 6.54 Å². The van der Waals surface area contributed by atoms with Crippen LogP contribution >= 0.6 is 0 Å². The van der Waals surface area contributed by atoms with Gasteiger partial charge in [-0.15, -0.1) is 0 Å². The third-order valence-electron chi connectivity index (χ3n) is 4.44. The van der Waals surface area contributed by atoms with E-state index in [9.17, 15) is 9.59 Å². The van der Waals surface area contributed by atoms with E-state index < -0.39 is 12.1 Å². The molecule has 0 bridgehead atoms. The second kappa shape index (κ2) is 6.42. The Balaban J connectivity index is 2.07. The van der Waals surface area contributed by atoms with Gasteiger partial charge < -0.3 is 26.4 Å². The van der Waals surface area contributed by atoms with Gasteiger partial charge in [0.25, 0.3) is 0 Å². The smallest absolute Gasteiger partial charge is 0.404 e. The second-order valence-corrected chi connectivity index (χ2v) is 7.45. The van der Waals surface area contributed by atoms with E-state index in [1.807, 2.05) is 0 Å². The average molecular weight is 312 g/mol. The summed E-state index contributed by atoms with van der Waals surface area (Å²) in [6.45, 7) is 6.92. The fraction of sp³-hybridized carbons (Fsp3) is 0.867. The molecule has 1 aliphatic carbocycles. The minimum Gasteiger partial charge on any atom is -0.465 e. The Kier molecular flexibility index (Phi) is 4.97. The number of carboxylic acid groups (broad SMARTS) is 1. The number of nitrogens with two attached hydrogens (primary N) is 1. The molecule has 0 spiro atoms. The van der Waals surface area contributed by atoms with Crippen molar-refractivity contribution in [3.05, 3.63) is 0 Å². The topological polar surface area (TPSA) is 108 Å². The number of nitrogens with one attached hydrogen (secondary N) is 2. The van der Waals surface area contributed by atoms with Crippen molar-refractivity contribution in [3.8, 4) is 0 Å². The molecule has 2 rings (SSSR count). The van der Waals surface area contributed by atoms with Gasteiger partial charge in [0.05, 0.1) is 18.1 Å². The van der Waals surface area contributed by atoms with Crippen molar-refractivity contribution in [2.45, 2.75) is 76.2 Å². The lowest BCUT2D eigenvalue weighted by Crippen LogP contribution is -2.59. The molecule has 0 aromatic carbocycles. The number of carbonyl (C=O) groups excluding carboxylic acids is 1. The van der Waals surface area contributed by atoms with Crippen LogP contribution in [0.5, 0.6) is 0 Å². The van der Waals surface area contributed by atoms with Gasteiger partial charge in [0, 0.05) is 18.1 Å². The molecule has 5 N–H and O–H groups in total. The summed E-state index contributed by atoms with van der Waals surface area (Å²) in [5, 5.41) is 15.2. The van der Waals surface area contributed by atoms with Crippen molar-refractivity contribution in [1.29, 1.82) is 0 Å². The Morgan fingerprint density at radius 2 is 2.00 bits per heavy atom. The molecule has 126 valence electrons. The second-order valence-electron chi connectivity index (χ2n) is 7.45. The first-order valence-corrected chi connectivity index (χ1v) is 8.00. The number of carbonyl (C=O) groups is 2.